The van der Waals surface area contributed by atoms with Crippen LogP contribution in [0, 0.1) is 3.57 Å². The number of nitrogens with zero attached hydrogens (tertiary/aromatic N) is 1. The van der Waals surface area contributed by atoms with E-state index in [0.717, 1.165) is 0 Å². The van der Waals surface area contributed by atoms with Crippen LogP contribution in [0.4, 0.5) is 5.82 Å². The quantitative estimate of drug-likeness (QED) is 0.564. The van der Waals surface area contributed by atoms with Gasteiger partial charge in [-0.1, -0.05) is 23.2 Å². The molecule has 5 nitrogen and oxygen atoms in total. The van der Waals surface area contributed by atoms with Crippen LogP contribution in [0.2, 0.25) is 10.0 Å². The van der Waals surface area contributed by atoms with E-state index < -0.39 is 11.9 Å². The molecule has 0 aliphatic heterocycles. The summed E-state index contributed by atoms with van der Waals surface area (Å²) in [6.07, 6.45) is 1.39. The van der Waals surface area contributed by atoms with Gasteiger partial charge in [-0.05, 0) is 46.9 Å². The third-order valence-electron chi connectivity index (χ3n) is 2.51. The number of carboxylic acids is 1. The van der Waals surface area contributed by atoms with Crippen molar-refractivity contribution in [3.8, 4) is 0 Å². The SMILES string of the molecule is O=C(O)c1cccnc1NC(=O)c1cc(Cl)cc(Cl)c1I. The zero-order valence-corrected chi connectivity index (χ0v) is 13.9. The maximum Gasteiger partial charge on any atom is 0.339 e. The van der Waals surface area contributed by atoms with Crippen molar-refractivity contribution in [2.75, 3.05) is 5.32 Å². The average Bonchev–Trinajstić information content (AvgIpc) is 2.43. The minimum Gasteiger partial charge on any atom is -0.478 e. The molecule has 0 radical (unpaired) electrons. The molecule has 0 aliphatic carbocycles. The average molecular weight is 437 g/mol. The molecule has 2 rings (SSSR count). The van der Waals surface area contributed by atoms with Gasteiger partial charge in [-0.2, -0.15) is 0 Å². The first-order valence-electron chi connectivity index (χ1n) is 5.54. The Morgan fingerprint density at radius 3 is 2.62 bits per heavy atom. The summed E-state index contributed by atoms with van der Waals surface area (Å²) in [5, 5.41) is 12.2. The van der Waals surface area contributed by atoms with E-state index in [1.807, 2.05) is 22.6 Å². The number of carbonyl (C=O) groups excluding carboxylic acids is 1. The topological polar surface area (TPSA) is 79.3 Å². The number of anilines is 1. The van der Waals surface area contributed by atoms with Crippen molar-refractivity contribution in [3.63, 3.8) is 0 Å². The third kappa shape index (κ3) is 3.63. The van der Waals surface area contributed by atoms with Gasteiger partial charge in [-0.15, -0.1) is 0 Å². The highest BCUT2D eigenvalue weighted by Gasteiger charge is 2.18. The Bertz CT molecular complexity index is 737. The standard InChI is InChI=1S/C13H7Cl2IN2O3/c14-6-4-8(10(16)9(15)5-6)12(19)18-11-7(13(20)21)2-1-3-17-11/h1-5H,(H,20,21)(H,17,18,19). The largest absolute Gasteiger partial charge is 0.478 e. The molecule has 0 spiro atoms. The molecule has 2 N–H and O–H groups in total. The van der Waals surface area contributed by atoms with E-state index in [1.54, 1.807) is 0 Å². The van der Waals surface area contributed by atoms with Crippen LogP contribution in [0.3, 0.4) is 0 Å². The van der Waals surface area contributed by atoms with Crippen molar-refractivity contribution in [2.45, 2.75) is 0 Å². The second-order valence-corrected chi connectivity index (χ2v) is 5.83. The summed E-state index contributed by atoms with van der Waals surface area (Å²) in [6, 6.07) is 5.79. The van der Waals surface area contributed by atoms with Crippen molar-refractivity contribution in [1.29, 1.82) is 0 Å². The Labute approximate surface area is 143 Å². The van der Waals surface area contributed by atoms with E-state index in [0.29, 0.717) is 13.6 Å². The zero-order chi connectivity index (χ0) is 15.6. The highest BCUT2D eigenvalue weighted by Crippen LogP contribution is 2.27. The molecule has 0 unspecified atom stereocenters. The van der Waals surface area contributed by atoms with Crippen LogP contribution in [0.1, 0.15) is 20.7 Å². The number of carboxylic acid groups (broad SMARTS) is 1. The number of aromatic carboxylic acids is 1. The summed E-state index contributed by atoms with van der Waals surface area (Å²) in [4.78, 5) is 27.2. The lowest BCUT2D eigenvalue weighted by atomic mass is 10.2. The Kier molecular flexibility index (Phi) is 5.02. The first-order valence-corrected chi connectivity index (χ1v) is 7.38. The van der Waals surface area contributed by atoms with Gasteiger partial charge in [-0.25, -0.2) is 9.78 Å². The molecule has 0 atom stereocenters. The Morgan fingerprint density at radius 2 is 1.95 bits per heavy atom. The monoisotopic (exact) mass is 436 g/mol. The van der Waals surface area contributed by atoms with Gasteiger partial charge in [-0.3, -0.25) is 4.79 Å². The Hall–Kier alpha value is -1.38. The number of hydrogen-bond acceptors (Lipinski definition) is 3. The zero-order valence-electron chi connectivity index (χ0n) is 10.2. The molecule has 0 aliphatic rings. The van der Waals surface area contributed by atoms with Gasteiger partial charge in [0.2, 0.25) is 0 Å². The number of benzene rings is 1. The maximum atomic E-state index is 12.2. The van der Waals surface area contributed by atoms with E-state index in [2.05, 4.69) is 10.3 Å². The van der Waals surface area contributed by atoms with Crippen LogP contribution < -0.4 is 5.32 Å². The van der Waals surface area contributed by atoms with Gasteiger partial charge in [0, 0.05) is 14.8 Å². The van der Waals surface area contributed by atoms with E-state index in [4.69, 9.17) is 28.3 Å². The number of halogens is 3. The van der Waals surface area contributed by atoms with Crippen molar-refractivity contribution in [3.05, 3.63) is 55.2 Å². The van der Waals surface area contributed by atoms with E-state index >= 15 is 0 Å². The Morgan fingerprint density at radius 1 is 1.24 bits per heavy atom. The molecule has 1 heterocycles. The number of rotatable bonds is 3. The predicted molar refractivity (Wildman–Crippen MR) is 88.3 cm³/mol. The van der Waals surface area contributed by atoms with Crippen LogP contribution in [-0.2, 0) is 0 Å². The number of hydrogen-bond donors (Lipinski definition) is 2. The molecule has 108 valence electrons. The molecule has 0 saturated heterocycles. The summed E-state index contributed by atoms with van der Waals surface area (Å²) in [6.45, 7) is 0. The molecular formula is C13H7Cl2IN2O3. The smallest absolute Gasteiger partial charge is 0.339 e. The predicted octanol–water partition coefficient (Wildman–Crippen LogP) is 3.94. The lowest BCUT2D eigenvalue weighted by molar-refractivity contribution is 0.0697. The van der Waals surface area contributed by atoms with Gasteiger partial charge in [0.25, 0.3) is 5.91 Å². The molecule has 1 aromatic heterocycles. The maximum absolute atomic E-state index is 12.2. The van der Waals surface area contributed by atoms with Crippen LogP contribution in [-0.4, -0.2) is 22.0 Å². The fraction of sp³-hybridized carbons (Fsp3) is 0. The van der Waals surface area contributed by atoms with Crippen LogP contribution in [0.15, 0.2) is 30.5 Å². The summed E-state index contributed by atoms with van der Waals surface area (Å²) in [5.74, 6) is -1.76. The normalized spacial score (nSPS) is 10.2. The molecule has 21 heavy (non-hydrogen) atoms. The van der Waals surface area contributed by atoms with Crippen LogP contribution >= 0.6 is 45.8 Å². The fourth-order valence-electron chi connectivity index (χ4n) is 1.57. The third-order valence-corrected chi connectivity index (χ3v) is 4.51. The minimum atomic E-state index is -1.18. The first-order chi connectivity index (χ1) is 9.90. The van der Waals surface area contributed by atoms with E-state index in [9.17, 15) is 9.59 Å². The lowest BCUT2D eigenvalue weighted by Crippen LogP contribution is -2.17. The summed E-state index contributed by atoms with van der Waals surface area (Å²) < 4.78 is 0.518. The summed E-state index contributed by atoms with van der Waals surface area (Å²) >= 11 is 13.8. The van der Waals surface area contributed by atoms with Crippen molar-refractivity contribution in [1.82, 2.24) is 4.98 Å². The highest BCUT2D eigenvalue weighted by atomic mass is 127. The molecule has 0 bridgehead atoms. The van der Waals surface area contributed by atoms with Crippen molar-refractivity contribution in [2.24, 2.45) is 0 Å². The number of pyridine rings is 1. The highest BCUT2D eigenvalue weighted by molar-refractivity contribution is 14.1. The van der Waals surface area contributed by atoms with Gasteiger partial charge in [0.1, 0.15) is 11.4 Å². The summed E-state index contributed by atoms with van der Waals surface area (Å²) in [5.41, 5.74) is 0.143. The van der Waals surface area contributed by atoms with Gasteiger partial charge in [0.05, 0.1) is 10.6 Å². The van der Waals surface area contributed by atoms with E-state index in [1.165, 1.54) is 30.5 Å². The van der Waals surface area contributed by atoms with Gasteiger partial charge in [0.15, 0.2) is 0 Å². The molecule has 0 fully saturated rings. The minimum absolute atomic E-state index is 0.0399. The number of nitrogens with one attached hydrogen (secondary N) is 1. The van der Waals surface area contributed by atoms with Gasteiger partial charge < -0.3 is 10.4 Å². The second-order valence-electron chi connectivity index (χ2n) is 3.91. The van der Waals surface area contributed by atoms with Crippen molar-refractivity contribution >= 4 is 63.5 Å². The number of carbonyl (C=O) groups is 2. The summed E-state index contributed by atoms with van der Waals surface area (Å²) in [7, 11) is 0. The first kappa shape index (κ1) is 16.0. The molecular weight excluding hydrogens is 430 g/mol. The van der Waals surface area contributed by atoms with Gasteiger partial charge >= 0.3 is 5.97 Å². The number of amides is 1. The molecule has 0 saturated carbocycles. The van der Waals surface area contributed by atoms with Crippen LogP contribution in [0.5, 0.6) is 0 Å². The lowest BCUT2D eigenvalue weighted by Gasteiger charge is -2.09. The molecule has 1 amide bonds. The molecule has 8 heteroatoms. The molecule has 2 aromatic rings. The van der Waals surface area contributed by atoms with Crippen LogP contribution in [0.25, 0.3) is 0 Å². The Balaban J connectivity index is 2.38. The van der Waals surface area contributed by atoms with E-state index in [-0.39, 0.29) is 16.9 Å². The second kappa shape index (κ2) is 6.59. The van der Waals surface area contributed by atoms with Crippen molar-refractivity contribution < 1.29 is 14.7 Å². The number of aromatic nitrogens is 1. The molecule has 1 aromatic carbocycles. The fourth-order valence-corrected chi connectivity index (χ4v) is 2.62.